The van der Waals surface area contributed by atoms with Crippen LogP contribution in [0.2, 0.25) is 0 Å². The minimum absolute atomic E-state index is 1.23. The molecule has 0 atom stereocenters. The summed E-state index contributed by atoms with van der Waals surface area (Å²) in [5, 5.41) is 2.55. The van der Waals surface area contributed by atoms with Crippen molar-refractivity contribution in [2.24, 2.45) is 0 Å². The molecule has 0 spiro atoms. The van der Waals surface area contributed by atoms with Gasteiger partial charge in [-0.3, -0.25) is 0 Å². The molecular weight excluding hydrogens is 302 g/mol. The molecule has 0 radical (unpaired) electrons. The van der Waals surface area contributed by atoms with E-state index in [9.17, 15) is 0 Å². The average molecular weight is 319 g/mol. The molecule has 1 nitrogen and oxygen atoms in total. The number of rotatable bonds is 2. The number of hydrogen-bond donors (Lipinski definition) is 0. The fourth-order valence-corrected chi connectivity index (χ4v) is 3.61. The van der Waals surface area contributed by atoms with Gasteiger partial charge in [-0.15, -0.1) is 0 Å². The van der Waals surface area contributed by atoms with E-state index in [-0.39, 0.29) is 0 Å². The van der Waals surface area contributed by atoms with Crippen LogP contribution in [0, 0.1) is 0 Å². The van der Waals surface area contributed by atoms with Gasteiger partial charge in [-0.2, -0.15) is 0 Å². The molecule has 0 fully saturated rings. The summed E-state index contributed by atoms with van der Waals surface area (Å²) in [5.74, 6) is 0. The number of nitrogens with zero attached hydrogens (tertiary/aromatic N) is 1. The maximum absolute atomic E-state index is 2.29. The van der Waals surface area contributed by atoms with Crippen LogP contribution in [-0.2, 0) is 0 Å². The Kier molecular flexibility index (Phi) is 3.17. The Morgan fingerprint density at radius 1 is 0.560 bits per heavy atom. The summed E-state index contributed by atoms with van der Waals surface area (Å²) < 4.78 is 2.22. The molecule has 0 aliphatic rings. The first-order valence-electron chi connectivity index (χ1n) is 8.54. The van der Waals surface area contributed by atoms with Crippen molar-refractivity contribution in [1.82, 2.24) is 4.40 Å². The predicted octanol–water partition coefficient (Wildman–Crippen LogP) is 6.43. The van der Waals surface area contributed by atoms with E-state index < -0.39 is 0 Å². The lowest BCUT2D eigenvalue weighted by atomic mass is 9.96. The smallest absolute Gasteiger partial charge is 0.0534 e. The summed E-state index contributed by atoms with van der Waals surface area (Å²) in [6.45, 7) is 0. The minimum Gasteiger partial charge on any atom is -0.323 e. The number of hydrogen-bond acceptors (Lipinski definition) is 0. The first-order valence-corrected chi connectivity index (χ1v) is 8.54. The molecule has 0 aliphatic heterocycles. The molecule has 25 heavy (non-hydrogen) atoms. The Hall–Kier alpha value is -3.32. The Bertz CT molecular complexity index is 1180. The second-order valence-corrected chi connectivity index (χ2v) is 6.34. The lowest BCUT2D eigenvalue weighted by molar-refractivity contribution is 1.20. The van der Waals surface area contributed by atoms with E-state index in [4.69, 9.17) is 0 Å². The monoisotopic (exact) mass is 319 g/mol. The molecule has 0 bridgehead atoms. The molecule has 0 unspecified atom stereocenters. The third-order valence-corrected chi connectivity index (χ3v) is 4.81. The lowest BCUT2D eigenvalue weighted by Crippen LogP contribution is -1.82. The molecule has 0 amide bonds. The van der Waals surface area contributed by atoms with E-state index in [1.165, 1.54) is 38.5 Å². The molecule has 2 aromatic heterocycles. The summed E-state index contributed by atoms with van der Waals surface area (Å²) in [4.78, 5) is 0. The van der Waals surface area contributed by atoms with Crippen LogP contribution in [0.4, 0.5) is 0 Å². The number of pyridine rings is 1. The zero-order chi connectivity index (χ0) is 16.6. The number of aromatic nitrogens is 1. The molecule has 3 aromatic carbocycles. The quantitative estimate of drug-likeness (QED) is 0.353. The van der Waals surface area contributed by atoms with Crippen LogP contribution in [0.5, 0.6) is 0 Å². The summed E-state index contributed by atoms with van der Waals surface area (Å²) in [6, 6.07) is 32.3. The first kappa shape index (κ1) is 14.1. The zero-order valence-electron chi connectivity index (χ0n) is 13.8. The van der Waals surface area contributed by atoms with E-state index in [1.54, 1.807) is 0 Å². The molecular formula is C24H17N. The van der Waals surface area contributed by atoms with Crippen molar-refractivity contribution in [2.45, 2.75) is 0 Å². The van der Waals surface area contributed by atoms with E-state index in [0.29, 0.717) is 0 Å². The van der Waals surface area contributed by atoms with Crippen LogP contribution in [0.3, 0.4) is 0 Å². The van der Waals surface area contributed by atoms with Gasteiger partial charge in [0, 0.05) is 23.5 Å². The van der Waals surface area contributed by atoms with Crippen LogP contribution in [0.15, 0.2) is 103 Å². The van der Waals surface area contributed by atoms with Crippen LogP contribution in [-0.4, -0.2) is 4.40 Å². The van der Waals surface area contributed by atoms with Crippen LogP contribution >= 0.6 is 0 Å². The van der Waals surface area contributed by atoms with Crippen molar-refractivity contribution in [3.05, 3.63) is 103 Å². The van der Waals surface area contributed by atoms with Gasteiger partial charge in [-0.25, -0.2) is 0 Å². The molecule has 0 aliphatic carbocycles. The van der Waals surface area contributed by atoms with Gasteiger partial charge in [0.1, 0.15) is 0 Å². The number of fused-ring (bicyclic) bond motifs is 2. The summed E-state index contributed by atoms with van der Waals surface area (Å²) in [7, 11) is 0. The maximum Gasteiger partial charge on any atom is 0.0534 e. The molecule has 0 saturated carbocycles. The van der Waals surface area contributed by atoms with E-state index in [2.05, 4.69) is 108 Å². The fraction of sp³-hybridized carbons (Fsp3) is 0. The van der Waals surface area contributed by atoms with Gasteiger partial charge in [0.15, 0.2) is 0 Å². The molecule has 5 aromatic rings. The first-order chi connectivity index (χ1) is 12.4. The molecule has 0 saturated heterocycles. The van der Waals surface area contributed by atoms with Gasteiger partial charge < -0.3 is 4.40 Å². The van der Waals surface area contributed by atoms with Crippen molar-refractivity contribution in [2.75, 3.05) is 0 Å². The Morgan fingerprint density at radius 2 is 1.32 bits per heavy atom. The van der Waals surface area contributed by atoms with Crippen LogP contribution in [0.1, 0.15) is 0 Å². The Balaban J connectivity index is 1.83. The summed E-state index contributed by atoms with van der Waals surface area (Å²) in [6.07, 6.45) is 4.36. The highest BCUT2D eigenvalue weighted by Crippen LogP contribution is 2.37. The number of benzene rings is 3. The average Bonchev–Trinajstić information content (AvgIpc) is 3.08. The third kappa shape index (κ3) is 2.33. The SMILES string of the molecule is c1ccc(-c2c(-c3ccc4ccccc4c3)cn3ccccc23)cc1. The summed E-state index contributed by atoms with van der Waals surface area (Å²) >= 11 is 0. The maximum atomic E-state index is 2.29. The topological polar surface area (TPSA) is 4.41 Å². The van der Waals surface area contributed by atoms with Gasteiger partial charge >= 0.3 is 0 Å². The van der Waals surface area contributed by atoms with Crippen molar-refractivity contribution in [3.63, 3.8) is 0 Å². The highest BCUT2D eigenvalue weighted by molar-refractivity contribution is 5.97. The van der Waals surface area contributed by atoms with Crippen molar-refractivity contribution < 1.29 is 0 Å². The van der Waals surface area contributed by atoms with E-state index >= 15 is 0 Å². The molecule has 2 heterocycles. The molecule has 5 rings (SSSR count). The molecule has 1 heteroatoms. The Labute approximate surface area is 146 Å². The lowest BCUT2D eigenvalue weighted by Gasteiger charge is -2.07. The van der Waals surface area contributed by atoms with E-state index in [0.717, 1.165) is 0 Å². The minimum atomic E-state index is 1.23. The fourth-order valence-electron chi connectivity index (χ4n) is 3.61. The van der Waals surface area contributed by atoms with Gasteiger partial charge in [-0.05, 0) is 40.1 Å². The second-order valence-electron chi connectivity index (χ2n) is 6.34. The van der Waals surface area contributed by atoms with Gasteiger partial charge in [-0.1, -0.05) is 72.8 Å². The van der Waals surface area contributed by atoms with E-state index in [1.807, 2.05) is 0 Å². The predicted molar refractivity (Wildman–Crippen MR) is 106 cm³/mol. The zero-order valence-corrected chi connectivity index (χ0v) is 13.8. The highest BCUT2D eigenvalue weighted by Gasteiger charge is 2.14. The van der Waals surface area contributed by atoms with Gasteiger partial charge in [0.05, 0.1) is 5.52 Å². The highest BCUT2D eigenvalue weighted by atomic mass is 14.9. The molecule has 118 valence electrons. The standard InChI is InChI=1S/C24H17N/c1-2-9-19(10-3-1)24-22(17-25-15-7-6-12-23(24)25)21-14-13-18-8-4-5-11-20(18)16-21/h1-17H. The van der Waals surface area contributed by atoms with Gasteiger partial charge in [0.25, 0.3) is 0 Å². The second kappa shape index (κ2) is 5.64. The van der Waals surface area contributed by atoms with Crippen LogP contribution in [0.25, 0.3) is 38.5 Å². The summed E-state index contributed by atoms with van der Waals surface area (Å²) in [5.41, 5.74) is 6.29. The largest absolute Gasteiger partial charge is 0.323 e. The third-order valence-electron chi connectivity index (χ3n) is 4.81. The van der Waals surface area contributed by atoms with Crippen molar-refractivity contribution in [3.8, 4) is 22.3 Å². The van der Waals surface area contributed by atoms with Crippen molar-refractivity contribution in [1.29, 1.82) is 0 Å². The molecule has 0 N–H and O–H groups in total. The van der Waals surface area contributed by atoms with Crippen molar-refractivity contribution >= 4 is 16.3 Å². The Morgan fingerprint density at radius 3 is 2.20 bits per heavy atom. The van der Waals surface area contributed by atoms with Gasteiger partial charge in [0.2, 0.25) is 0 Å². The van der Waals surface area contributed by atoms with Crippen LogP contribution < -0.4 is 0 Å². The normalized spacial score (nSPS) is 11.2.